The Hall–Kier alpha value is -4.16. The molecule has 1 atom stereocenters. The van der Waals surface area contributed by atoms with Crippen molar-refractivity contribution in [1.29, 1.82) is 0 Å². The fourth-order valence-electron chi connectivity index (χ4n) is 5.57. The second-order valence-electron chi connectivity index (χ2n) is 10.7. The Morgan fingerprint density at radius 2 is 1.62 bits per heavy atom. The van der Waals surface area contributed by atoms with E-state index in [2.05, 4.69) is 10.6 Å². The van der Waals surface area contributed by atoms with Crippen molar-refractivity contribution in [3.8, 4) is 0 Å². The summed E-state index contributed by atoms with van der Waals surface area (Å²) in [7, 11) is -3.96. The molecule has 2 aliphatic rings. The number of urea groups is 1. The second kappa shape index (κ2) is 12.8. The number of carbonyl (C=O) groups excluding carboxylic acids is 2. The van der Waals surface area contributed by atoms with Crippen molar-refractivity contribution in [2.24, 2.45) is 10.9 Å². The third kappa shape index (κ3) is 6.34. The predicted molar refractivity (Wildman–Crippen MR) is 159 cm³/mol. The fraction of sp³-hybridized carbons (Fsp3) is 0.367. The Labute approximate surface area is 245 Å². The van der Waals surface area contributed by atoms with Crippen LogP contribution in [0.2, 0.25) is 0 Å². The number of benzene rings is 3. The van der Waals surface area contributed by atoms with Crippen LogP contribution in [-0.4, -0.2) is 71.3 Å². The molecule has 0 spiro atoms. The van der Waals surface area contributed by atoms with Gasteiger partial charge in [-0.2, -0.15) is 4.31 Å². The molecule has 11 nitrogen and oxygen atoms in total. The fourth-order valence-corrected chi connectivity index (χ4v) is 7.26. The zero-order valence-electron chi connectivity index (χ0n) is 23.4. The number of sulfonamides is 1. The number of amidine groups is 1. The molecule has 2 fully saturated rings. The summed E-state index contributed by atoms with van der Waals surface area (Å²) in [5, 5.41) is 15.0. The molecule has 42 heavy (non-hydrogen) atoms. The number of likely N-dealkylation sites (tertiary alicyclic amines) is 1. The highest BCUT2D eigenvalue weighted by atomic mass is 32.2. The highest BCUT2D eigenvalue weighted by molar-refractivity contribution is 7.89. The molecule has 0 saturated carbocycles. The Morgan fingerprint density at radius 3 is 2.31 bits per heavy atom. The van der Waals surface area contributed by atoms with E-state index in [0.29, 0.717) is 37.1 Å². The van der Waals surface area contributed by atoms with Gasteiger partial charge in [-0.05, 0) is 54.2 Å². The number of hydrogen-bond acceptors (Lipinski definition) is 6. The molecule has 0 aromatic heterocycles. The van der Waals surface area contributed by atoms with E-state index in [1.54, 1.807) is 47.4 Å². The summed E-state index contributed by atoms with van der Waals surface area (Å²) in [4.78, 5) is 29.2. The van der Waals surface area contributed by atoms with Gasteiger partial charge in [0.1, 0.15) is 6.04 Å². The van der Waals surface area contributed by atoms with Gasteiger partial charge in [-0.3, -0.25) is 10.2 Å². The predicted octanol–water partition coefficient (Wildman–Crippen LogP) is 3.62. The van der Waals surface area contributed by atoms with Gasteiger partial charge in [0.15, 0.2) is 5.84 Å². The second-order valence-corrected chi connectivity index (χ2v) is 12.6. The normalized spacial score (nSPS) is 18.5. The van der Waals surface area contributed by atoms with Crippen LogP contribution >= 0.6 is 0 Å². The Balaban J connectivity index is 1.38. The average molecular weight is 593 g/mol. The summed E-state index contributed by atoms with van der Waals surface area (Å²) >= 11 is 0. The molecule has 4 N–H and O–H groups in total. The maximum absolute atomic E-state index is 13.7. The maximum Gasteiger partial charge on any atom is 0.339 e. The van der Waals surface area contributed by atoms with Crippen LogP contribution in [0.4, 0.5) is 4.79 Å². The minimum absolute atomic E-state index is 0.0405. The van der Waals surface area contributed by atoms with Crippen LogP contribution in [-0.2, 0) is 21.4 Å². The monoisotopic (exact) mass is 592 g/mol. The van der Waals surface area contributed by atoms with Crippen molar-refractivity contribution in [3.63, 3.8) is 0 Å². The van der Waals surface area contributed by atoms with Crippen molar-refractivity contribution < 1.29 is 23.2 Å². The van der Waals surface area contributed by atoms with Gasteiger partial charge in [-0.15, -0.1) is 0 Å². The van der Waals surface area contributed by atoms with Gasteiger partial charge in [0.25, 0.3) is 5.91 Å². The van der Waals surface area contributed by atoms with E-state index in [1.807, 2.05) is 24.3 Å². The topological polar surface area (TPSA) is 149 Å². The van der Waals surface area contributed by atoms with Gasteiger partial charge in [0.2, 0.25) is 10.0 Å². The van der Waals surface area contributed by atoms with Crippen LogP contribution in [0.25, 0.3) is 10.8 Å². The summed E-state index contributed by atoms with van der Waals surface area (Å²) in [6.07, 6.45) is 4.70. The average Bonchev–Trinajstić information content (AvgIpc) is 3.37. The number of rotatable bonds is 6. The van der Waals surface area contributed by atoms with Crippen molar-refractivity contribution in [2.75, 3.05) is 19.6 Å². The summed E-state index contributed by atoms with van der Waals surface area (Å²) < 4.78 is 28.7. The van der Waals surface area contributed by atoms with E-state index in [0.717, 1.165) is 36.5 Å². The van der Waals surface area contributed by atoms with Crippen molar-refractivity contribution in [3.05, 3.63) is 77.9 Å². The standard InChI is InChI=1S/C30H36N6O5S/c31-28(33-39)24-13-11-22(12-14-24)21-35(30(38)34-17-5-1-2-6-18-34)32-29(37)27-10-7-19-36(27)42(40,41)26-16-15-23-8-3-4-9-25(23)20-26/h3-4,8-9,11-16,20,27,39H,1-2,5-7,10,17-19,21H2,(H2,31,33)(H,32,37). The first-order chi connectivity index (χ1) is 20.3. The number of oxime groups is 1. The Bertz CT molecular complexity index is 1570. The van der Waals surface area contributed by atoms with Crippen LogP contribution in [0, 0.1) is 0 Å². The van der Waals surface area contributed by atoms with E-state index >= 15 is 0 Å². The summed E-state index contributed by atoms with van der Waals surface area (Å²) in [6.45, 7) is 1.43. The van der Waals surface area contributed by atoms with Crippen LogP contribution in [0.1, 0.15) is 49.7 Å². The molecular formula is C30H36N6O5S. The van der Waals surface area contributed by atoms with Gasteiger partial charge in [-0.1, -0.05) is 72.6 Å². The Morgan fingerprint density at radius 1 is 0.929 bits per heavy atom. The number of carbonyl (C=O) groups is 2. The summed E-state index contributed by atoms with van der Waals surface area (Å²) in [6, 6.07) is 18.0. The molecule has 3 aromatic rings. The van der Waals surface area contributed by atoms with Crippen LogP contribution in [0.5, 0.6) is 0 Å². The molecule has 222 valence electrons. The van der Waals surface area contributed by atoms with E-state index in [-0.39, 0.29) is 29.9 Å². The SMILES string of the molecule is N/C(=N/O)c1ccc(CN(NC(=O)C2CCCN2S(=O)(=O)c2ccc3ccccc3c2)C(=O)N2CCCCCC2)cc1. The Kier molecular flexibility index (Phi) is 8.93. The molecule has 3 aromatic carbocycles. The number of nitrogens with two attached hydrogens (primary N) is 1. The smallest absolute Gasteiger partial charge is 0.339 e. The van der Waals surface area contributed by atoms with Gasteiger partial charge in [-0.25, -0.2) is 18.2 Å². The van der Waals surface area contributed by atoms with E-state index in [4.69, 9.17) is 10.9 Å². The number of nitrogens with zero attached hydrogens (tertiary/aromatic N) is 4. The van der Waals surface area contributed by atoms with Gasteiger partial charge in [0, 0.05) is 25.2 Å². The molecule has 12 heteroatoms. The largest absolute Gasteiger partial charge is 0.409 e. The molecular weight excluding hydrogens is 556 g/mol. The van der Waals surface area contributed by atoms with Gasteiger partial charge < -0.3 is 15.8 Å². The number of hydrogen-bond donors (Lipinski definition) is 3. The van der Waals surface area contributed by atoms with E-state index < -0.39 is 22.0 Å². The molecule has 2 aliphatic heterocycles. The molecule has 2 saturated heterocycles. The number of hydrazine groups is 1. The summed E-state index contributed by atoms with van der Waals surface area (Å²) in [5.74, 6) is -0.588. The molecule has 2 heterocycles. The van der Waals surface area contributed by atoms with Crippen molar-refractivity contribution in [2.45, 2.75) is 56.0 Å². The first-order valence-electron chi connectivity index (χ1n) is 14.2. The molecule has 3 amide bonds. The lowest BCUT2D eigenvalue weighted by Gasteiger charge is -2.32. The van der Waals surface area contributed by atoms with Crippen LogP contribution in [0.3, 0.4) is 0 Å². The highest BCUT2D eigenvalue weighted by Crippen LogP contribution is 2.28. The first kappa shape index (κ1) is 29.3. The minimum Gasteiger partial charge on any atom is -0.409 e. The van der Waals surface area contributed by atoms with Crippen molar-refractivity contribution >= 4 is 38.6 Å². The number of nitrogens with one attached hydrogen (secondary N) is 1. The van der Waals surface area contributed by atoms with Crippen LogP contribution < -0.4 is 11.2 Å². The molecule has 0 aliphatic carbocycles. The summed E-state index contributed by atoms with van der Waals surface area (Å²) in [5.41, 5.74) is 9.66. The van der Waals surface area contributed by atoms with E-state index in [1.165, 1.54) is 9.31 Å². The molecule has 5 rings (SSSR count). The van der Waals surface area contributed by atoms with Gasteiger partial charge >= 0.3 is 6.03 Å². The van der Waals surface area contributed by atoms with Crippen LogP contribution in [0.15, 0.2) is 76.8 Å². The number of amides is 3. The highest BCUT2D eigenvalue weighted by Gasteiger charge is 2.40. The third-order valence-corrected chi connectivity index (χ3v) is 9.79. The quantitative estimate of drug-likeness (QED) is 0.172. The lowest BCUT2D eigenvalue weighted by atomic mass is 10.1. The third-order valence-electron chi connectivity index (χ3n) is 7.88. The van der Waals surface area contributed by atoms with Crippen molar-refractivity contribution in [1.82, 2.24) is 19.6 Å². The molecule has 0 bridgehead atoms. The zero-order chi connectivity index (χ0) is 29.7. The molecule has 0 radical (unpaired) electrons. The molecule has 1 unspecified atom stereocenters. The number of fused-ring (bicyclic) bond motifs is 1. The zero-order valence-corrected chi connectivity index (χ0v) is 24.2. The van der Waals surface area contributed by atoms with Gasteiger partial charge in [0.05, 0.1) is 11.4 Å². The maximum atomic E-state index is 13.7. The van der Waals surface area contributed by atoms with E-state index in [9.17, 15) is 18.0 Å². The minimum atomic E-state index is -3.96. The lowest BCUT2D eigenvalue weighted by molar-refractivity contribution is -0.128. The lowest BCUT2D eigenvalue weighted by Crippen LogP contribution is -2.56. The first-order valence-corrected chi connectivity index (χ1v) is 15.7.